The average molecular weight is 1220 g/mol. The third-order valence-corrected chi connectivity index (χ3v) is 13.0. The van der Waals surface area contributed by atoms with E-state index in [0.29, 0.717) is 16.5 Å². The Kier molecular flexibility index (Phi) is 31.4. The number of aromatic amines is 1. The number of hydrogen-bond donors (Lipinski definition) is 20. The number of nitrogens with one attached hydrogen (secondary N) is 9. The maximum atomic E-state index is 14.5. The normalized spacial score (nSPS) is 14.2. The van der Waals surface area contributed by atoms with Gasteiger partial charge in [0.1, 0.15) is 48.3 Å². The molecule has 1 aromatic heterocycles. The number of guanidine groups is 3. The topological polar surface area (TPSA) is 600 Å². The molecule has 34 nitrogen and oxygen atoms in total. The predicted molar refractivity (Wildman–Crippen MR) is 313 cm³/mol. The molecule has 2 rings (SSSR count). The highest BCUT2D eigenvalue weighted by Gasteiger charge is 2.37. The number of carbonyl (C=O) groups is 11. The third kappa shape index (κ3) is 26.5. The number of aliphatic imine (C=N–C) groups is 3. The van der Waals surface area contributed by atoms with Crippen LogP contribution in [0.5, 0.6) is 0 Å². The van der Waals surface area contributed by atoms with Crippen molar-refractivity contribution in [2.24, 2.45) is 66.9 Å². The number of hydrogen-bond acceptors (Lipinski definition) is 16. The Morgan fingerprint density at radius 3 is 1.29 bits per heavy atom. The number of carboxylic acid groups (broad SMARTS) is 3. The molecule has 0 saturated heterocycles. The van der Waals surface area contributed by atoms with Crippen molar-refractivity contribution in [2.75, 3.05) is 26.2 Å². The minimum atomic E-state index is -1.80. The van der Waals surface area contributed by atoms with Crippen LogP contribution in [0.2, 0.25) is 0 Å². The number of fused-ring (bicyclic) bond motifs is 1. The van der Waals surface area contributed by atoms with Gasteiger partial charge in [-0.2, -0.15) is 0 Å². The van der Waals surface area contributed by atoms with Crippen LogP contribution in [-0.2, 0) is 59.2 Å². The first-order valence-electron chi connectivity index (χ1n) is 27.6. The SMILES string of the molecule is CC(C)[C@H](NC(=O)[C@H](CO)NC(=O)[C@@H](NC(=O)[C@H](CCC(=O)O)NC(=O)[C@H](CCCN=C(N)N)NC(=O)[C@@H](N)CCC(=O)O)C(C)C)C(=O)N[C@@H](Cc1c[nH]c2ccccc12)C(=O)N[C@@H](CCCN=C(N)N)C(=O)N[C@@H](CCCN=C(N)N)C(=O)O. The number of para-hydroxylation sites is 1. The zero-order chi connectivity index (χ0) is 64.8. The highest BCUT2D eigenvalue weighted by atomic mass is 16.4. The van der Waals surface area contributed by atoms with Gasteiger partial charge in [-0.3, -0.25) is 62.9 Å². The van der Waals surface area contributed by atoms with E-state index < -0.39 is 157 Å². The van der Waals surface area contributed by atoms with Gasteiger partial charge < -0.3 is 108 Å². The van der Waals surface area contributed by atoms with Crippen LogP contribution < -0.4 is 82.7 Å². The molecular formula is C52H85N19O15. The Morgan fingerprint density at radius 1 is 0.477 bits per heavy atom. The summed E-state index contributed by atoms with van der Waals surface area (Å²) in [4.78, 5) is 161. The number of amides is 8. The summed E-state index contributed by atoms with van der Waals surface area (Å²) in [6.45, 7) is 5.08. The number of aromatic nitrogens is 1. The molecule has 0 spiro atoms. The molecule has 0 aliphatic heterocycles. The molecule has 34 heteroatoms. The van der Waals surface area contributed by atoms with Crippen LogP contribution in [0.1, 0.15) is 97.5 Å². The summed E-state index contributed by atoms with van der Waals surface area (Å²) in [5.74, 6) is -14.2. The van der Waals surface area contributed by atoms with Crippen molar-refractivity contribution in [3.05, 3.63) is 36.0 Å². The Morgan fingerprint density at radius 2 is 0.849 bits per heavy atom. The van der Waals surface area contributed by atoms with E-state index in [0.717, 1.165) is 0 Å². The third-order valence-electron chi connectivity index (χ3n) is 13.0. The lowest BCUT2D eigenvalue weighted by Crippen LogP contribution is -2.62. The van der Waals surface area contributed by atoms with Crippen molar-refractivity contribution in [2.45, 2.75) is 153 Å². The van der Waals surface area contributed by atoms with Gasteiger partial charge in [-0.15, -0.1) is 0 Å². The molecule has 0 bridgehead atoms. The number of nitrogens with zero attached hydrogens (tertiary/aromatic N) is 3. The van der Waals surface area contributed by atoms with E-state index in [-0.39, 0.29) is 88.9 Å². The van der Waals surface area contributed by atoms with Gasteiger partial charge in [-0.05, 0) is 74.8 Å². The number of carbonyl (C=O) groups excluding carboxylic acids is 8. The van der Waals surface area contributed by atoms with Gasteiger partial charge in [0.15, 0.2) is 17.9 Å². The second-order valence-corrected chi connectivity index (χ2v) is 20.7. The average Bonchev–Trinajstić information content (AvgIpc) is 4.10. The van der Waals surface area contributed by atoms with Crippen LogP contribution in [0, 0.1) is 11.8 Å². The number of H-pyrrole nitrogens is 1. The van der Waals surface area contributed by atoms with Crippen LogP contribution in [0.25, 0.3) is 10.9 Å². The number of aliphatic hydroxyl groups excluding tert-OH is 1. The summed E-state index contributed by atoms with van der Waals surface area (Å²) in [7, 11) is 0. The first kappa shape index (κ1) is 72.8. The summed E-state index contributed by atoms with van der Waals surface area (Å²) >= 11 is 0. The molecule has 0 saturated carbocycles. The second-order valence-electron chi connectivity index (χ2n) is 20.7. The maximum Gasteiger partial charge on any atom is 0.326 e. The summed E-state index contributed by atoms with van der Waals surface area (Å²) in [6.07, 6.45) is -0.592. The maximum absolute atomic E-state index is 14.5. The zero-order valence-corrected chi connectivity index (χ0v) is 48.5. The standard InChI is InChI=1S/C52H85N19O15/c1-25(2)39(47(83)68-35(22-27-23-63-30-11-6-5-10-28(27)30)45(81)65-32(13-8-20-61-51(56)57)43(79)67-34(49(85)86)14-9-21-62-52(58)59)71-46(82)36(24-72)69-48(84)40(26(3)4)70-44(80)33(16-18-38(75)76)66-42(78)31(12-7-19-60-50(54)55)64-41(77)29(53)15-17-37(73)74/h5-6,10-11,23,25-26,29,31-36,39-40,63,72H,7-9,12-22,24,53H2,1-4H3,(H,64,77)(H,65,81)(H,66,78)(H,67,79)(H,68,83)(H,69,84)(H,70,80)(H,71,82)(H,73,74)(H,75,76)(H,85,86)(H4,54,55,60)(H4,56,57,61)(H4,58,59,62)/t29-,31-,32-,33-,34-,35-,36-,39-,40-/m0/s1. The minimum absolute atomic E-state index is 0.00818. The van der Waals surface area contributed by atoms with E-state index in [4.69, 9.17) is 45.2 Å². The number of aliphatic hydroxyl groups is 1. The molecule has 0 unspecified atom stereocenters. The van der Waals surface area contributed by atoms with Crippen LogP contribution in [0.3, 0.4) is 0 Å². The molecule has 8 amide bonds. The van der Waals surface area contributed by atoms with Crippen molar-refractivity contribution in [3.8, 4) is 0 Å². The van der Waals surface area contributed by atoms with Gasteiger partial charge in [-0.1, -0.05) is 45.9 Å². The highest BCUT2D eigenvalue weighted by Crippen LogP contribution is 2.20. The first-order chi connectivity index (χ1) is 40.4. The predicted octanol–water partition coefficient (Wildman–Crippen LogP) is -5.80. The van der Waals surface area contributed by atoms with Crippen molar-refractivity contribution in [1.29, 1.82) is 0 Å². The lowest BCUT2D eigenvalue weighted by atomic mass is 9.99. The number of benzene rings is 1. The molecule has 1 aromatic carbocycles. The Bertz CT molecular complexity index is 2740. The van der Waals surface area contributed by atoms with Crippen molar-refractivity contribution < 1.29 is 73.2 Å². The van der Waals surface area contributed by atoms with Gasteiger partial charge in [0, 0.05) is 56.0 Å². The Balaban J connectivity index is 2.45. The van der Waals surface area contributed by atoms with Crippen LogP contribution in [0.15, 0.2) is 45.4 Å². The molecule has 27 N–H and O–H groups in total. The van der Waals surface area contributed by atoms with Gasteiger partial charge in [0.2, 0.25) is 47.3 Å². The minimum Gasteiger partial charge on any atom is -0.481 e. The molecule has 9 atom stereocenters. The second kappa shape index (κ2) is 37.1. The van der Waals surface area contributed by atoms with E-state index in [2.05, 4.69) is 62.5 Å². The van der Waals surface area contributed by atoms with Gasteiger partial charge in [0.05, 0.1) is 12.6 Å². The molecule has 0 aliphatic carbocycles. The molecule has 2 aromatic rings. The highest BCUT2D eigenvalue weighted by molar-refractivity contribution is 5.99. The lowest BCUT2D eigenvalue weighted by molar-refractivity contribution is -0.142. The summed E-state index contributed by atoms with van der Waals surface area (Å²) in [6, 6.07) is -6.61. The Labute approximate surface area is 495 Å². The molecular weight excluding hydrogens is 1130 g/mol. The molecule has 0 fully saturated rings. The monoisotopic (exact) mass is 1220 g/mol. The zero-order valence-electron chi connectivity index (χ0n) is 48.5. The van der Waals surface area contributed by atoms with Gasteiger partial charge in [-0.25, -0.2) is 4.79 Å². The fourth-order valence-corrected chi connectivity index (χ4v) is 8.37. The lowest BCUT2D eigenvalue weighted by Gasteiger charge is -2.29. The number of nitrogens with two attached hydrogens (primary N) is 7. The van der Waals surface area contributed by atoms with Crippen LogP contribution in [-0.4, -0.2) is 189 Å². The number of rotatable bonds is 40. The summed E-state index contributed by atoms with van der Waals surface area (Å²) in [5, 5.41) is 59.5. The number of aliphatic carboxylic acids is 3. The largest absolute Gasteiger partial charge is 0.481 e. The molecule has 0 aliphatic rings. The van der Waals surface area contributed by atoms with E-state index in [1.165, 1.54) is 13.8 Å². The van der Waals surface area contributed by atoms with Crippen molar-refractivity contribution in [3.63, 3.8) is 0 Å². The molecule has 86 heavy (non-hydrogen) atoms. The quantitative estimate of drug-likeness (QED) is 0.0168. The molecule has 1 heterocycles. The van der Waals surface area contributed by atoms with E-state index in [9.17, 15) is 68.1 Å². The van der Waals surface area contributed by atoms with E-state index in [1.807, 2.05) is 0 Å². The fourth-order valence-electron chi connectivity index (χ4n) is 8.37. The summed E-state index contributed by atoms with van der Waals surface area (Å²) in [5.41, 5.74) is 39.6. The molecule has 0 radical (unpaired) electrons. The van der Waals surface area contributed by atoms with E-state index in [1.54, 1.807) is 44.3 Å². The van der Waals surface area contributed by atoms with Crippen LogP contribution in [0.4, 0.5) is 0 Å². The fraction of sp³-hybridized carbons (Fsp3) is 0.577. The van der Waals surface area contributed by atoms with Gasteiger partial charge in [0.25, 0.3) is 0 Å². The van der Waals surface area contributed by atoms with Crippen LogP contribution >= 0.6 is 0 Å². The van der Waals surface area contributed by atoms with Crippen molar-refractivity contribution >= 4 is 93.9 Å². The smallest absolute Gasteiger partial charge is 0.326 e. The van der Waals surface area contributed by atoms with E-state index >= 15 is 0 Å². The van der Waals surface area contributed by atoms with Gasteiger partial charge >= 0.3 is 17.9 Å². The Hall–Kier alpha value is -9.34. The molecule has 478 valence electrons. The number of carboxylic acids is 3. The first-order valence-corrected chi connectivity index (χ1v) is 27.6. The van der Waals surface area contributed by atoms with Crippen molar-refractivity contribution in [1.82, 2.24) is 47.5 Å². The summed E-state index contributed by atoms with van der Waals surface area (Å²) < 4.78 is 0.